The number of carbonyl (C=O) groups excluding carboxylic acids is 2. The Labute approximate surface area is 104 Å². The summed E-state index contributed by atoms with van der Waals surface area (Å²) in [5, 5.41) is 3.03. The van der Waals surface area contributed by atoms with Crippen LogP contribution in [0.3, 0.4) is 0 Å². The van der Waals surface area contributed by atoms with Gasteiger partial charge in [0.05, 0.1) is 5.69 Å². The van der Waals surface area contributed by atoms with Crippen LogP contribution in [0.1, 0.15) is 18.2 Å². The highest BCUT2D eigenvalue weighted by Gasteiger charge is 2.25. The maximum atomic E-state index is 11.5. The Morgan fingerprint density at radius 1 is 1.56 bits per heavy atom. The van der Waals surface area contributed by atoms with Gasteiger partial charge in [-0.1, -0.05) is 0 Å². The predicted octanol–water partition coefficient (Wildman–Crippen LogP) is -0.722. The van der Waals surface area contributed by atoms with E-state index in [0.29, 0.717) is 25.5 Å². The molecule has 1 aromatic rings. The first-order chi connectivity index (χ1) is 8.61. The topological polar surface area (TPSA) is 101 Å². The number of rotatable bonds is 2. The summed E-state index contributed by atoms with van der Waals surface area (Å²) in [5.41, 5.74) is 6.75. The lowest BCUT2D eigenvalue weighted by molar-refractivity contribution is -0.144. The van der Waals surface area contributed by atoms with Gasteiger partial charge in [-0.05, 0) is 6.92 Å². The van der Waals surface area contributed by atoms with Gasteiger partial charge in [-0.2, -0.15) is 0 Å². The standard InChI is InChI=1S/C11H15N5O2/c1-2-13-11-14-5-7-6-16(10(18)9(12)17)4-3-8(7)15-11/h5H,2-4,6H2,1H3,(H2,12,17)(H,13,14,15). The Bertz CT molecular complexity index is 488. The van der Waals surface area contributed by atoms with Crippen LogP contribution in [-0.2, 0) is 22.6 Å². The zero-order valence-corrected chi connectivity index (χ0v) is 10.1. The van der Waals surface area contributed by atoms with Crippen LogP contribution < -0.4 is 11.1 Å². The molecule has 2 amide bonds. The van der Waals surface area contributed by atoms with Gasteiger partial charge in [-0.15, -0.1) is 0 Å². The molecule has 2 rings (SSSR count). The van der Waals surface area contributed by atoms with Crippen LogP contribution in [0.15, 0.2) is 6.20 Å². The van der Waals surface area contributed by atoms with E-state index in [-0.39, 0.29) is 0 Å². The summed E-state index contributed by atoms with van der Waals surface area (Å²) in [7, 11) is 0. The van der Waals surface area contributed by atoms with E-state index in [4.69, 9.17) is 5.73 Å². The van der Waals surface area contributed by atoms with Crippen molar-refractivity contribution in [2.24, 2.45) is 5.73 Å². The van der Waals surface area contributed by atoms with E-state index in [9.17, 15) is 9.59 Å². The van der Waals surface area contributed by atoms with E-state index in [1.54, 1.807) is 6.20 Å². The van der Waals surface area contributed by atoms with Gasteiger partial charge in [-0.25, -0.2) is 9.97 Å². The quantitative estimate of drug-likeness (QED) is 0.673. The number of hydrogen-bond donors (Lipinski definition) is 2. The van der Waals surface area contributed by atoms with Crippen molar-refractivity contribution in [3.63, 3.8) is 0 Å². The van der Waals surface area contributed by atoms with Crippen LogP contribution in [0, 0.1) is 0 Å². The fourth-order valence-corrected chi connectivity index (χ4v) is 1.89. The van der Waals surface area contributed by atoms with Gasteiger partial charge in [0.1, 0.15) is 0 Å². The Hall–Kier alpha value is -2.18. The number of primary amides is 1. The lowest BCUT2D eigenvalue weighted by atomic mass is 10.1. The molecule has 0 radical (unpaired) electrons. The number of amides is 2. The molecule has 1 aliphatic rings. The van der Waals surface area contributed by atoms with Crippen molar-refractivity contribution in [2.75, 3.05) is 18.4 Å². The number of nitrogens with zero attached hydrogens (tertiary/aromatic N) is 3. The van der Waals surface area contributed by atoms with Crippen molar-refractivity contribution < 1.29 is 9.59 Å². The van der Waals surface area contributed by atoms with E-state index in [2.05, 4.69) is 15.3 Å². The molecule has 0 bridgehead atoms. The third-order valence-electron chi connectivity index (χ3n) is 2.77. The van der Waals surface area contributed by atoms with E-state index in [1.165, 1.54) is 4.90 Å². The van der Waals surface area contributed by atoms with Gasteiger partial charge in [0.25, 0.3) is 0 Å². The van der Waals surface area contributed by atoms with Gasteiger partial charge in [-0.3, -0.25) is 9.59 Å². The molecular weight excluding hydrogens is 234 g/mol. The average Bonchev–Trinajstić information content (AvgIpc) is 2.37. The molecule has 1 aliphatic heterocycles. The molecule has 0 aromatic carbocycles. The van der Waals surface area contributed by atoms with E-state index in [1.807, 2.05) is 6.92 Å². The monoisotopic (exact) mass is 249 g/mol. The Morgan fingerprint density at radius 3 is 3.00 bits per heavy atom. The molecule has 0 spiro atoms. The van der Waals surface area contributed by atoms with E-state index in [0.717, 1.165) is 17.8 Å². The van der Waals surface area contributed by atoms with Gasteiger partial charge in [0.2, 0.25) is 5.95 Å². The number of hydrogen-bond acceptors (Lipinski definition) is 5. The summed E-state index contributed by atoms with van der Waals surface area (Å²) >= 11 is 0. The summed E-state index contributed by atoms with van der Waals surface area (Å²) in [6, 6.07) is 0. The molecule has 3 N–H and O–H groups in total. The Morgan fingerprint density at radius 2 is 2.33 bits per heavy atom. The second kappa shape index (κ2) is 4.99. The van der Waals surface area contributed by atoms with Crippen molar-refractivity contribution in [2.45, 2.75) is 19.9 Å². The summed E-state index contributed by atoms with van der Waals surface area (Å²) < 4.78 is 0. The fourth-order valence-electron chi connectivity index (χ4n) is 1.89. The number of carbonyl (C=O) groups is 2. The molecule has 0 saturated heterocycles. The minimum atomic E-state index is -0.927. The lowest BCUT2D eigenvalue weighted by Gasteiger charge is -2.26. The lowest BCUT2D eigenvalue weighted by Crippen LogP contribution is -2.43. The Balaban J connectivity index is 2.15. The number of anilines is 1. The summed E-state index contributed by atoms with van der Waals surface area (Å²) in [4.78, 5) is 32.2. The minimum absolute atomic E-state index is 0.337. The molecule has 0 saturated carbocycles. The van der Waals surface area contributed by atoms with Crippen LogP contribution in [0.4, 0.5) is 5.95 Å². The molecule has 18 heavy (non-hydrogen) atoms. The smallest absolute Gasteiger partial charge is 0.311 e. The highest BCUT2D eigenvalue weighted by molar-refractivity contribution is 6.34. The van der Waals surface area contributed by atoms with Crippen LogP contribution in [-0.4, -0.2) is 39.8 Å². The van der Waals surface area contributed by atoms with E-state index >= 15 is 0 Å². The molecule has 0 fully saturated rings. The first-order valence-corrected chi connectivity index (χ1v) is 5.79. The largest absolute Gasteiger partial charge is 0.361 e. The van der Waals surface area contributed by atoms with Gasteiger partial charge in [0, 0.05) is 37.8 Å². The van der Waals surface area contributed by atoms with E-state index < -0.39 is 11.8 Å². The highest BCUT2D eigenvalue weighted by atomic mass is 16.2. The first kappa shape index (κ1) is 12.3. The number of nitrogens with two attached hydrogens (primary N) is 1. The molecule has 0 aliphatic carbocycles. The fraction of sp³-hybridized carbons (Fsp3) is 0.455. The molecule has 2 heterocycles. The molecule has 0 unspecified atom stereocenters. The minimum Gasteiger partial charge on any atom is -0.361 e. The highest BCUT2D eigenvalue weighted by Crippen LogP contribution is 2.17. The van der Waals surface area contributed by atoms with Crippen LogP contribution in [0.25, 0.3) is 0 Å². The van der Waals surface area contributed by atoms with Crippen LogP contribution in [0.2, 0.25) is 0 Å². The summed E-state index contributed by atoms with van der Waals surface area (Å²) in [5.74, 6) is -0.994. The third-order valence-corrected chi connectivity index (χ3v) is 2.77. The molecule has 1 aromatic heterocycles. The van der Waals surface area contributed by atoms with Crippen LogP contribution in [0.5, 0.6) is 0 Å². The summed E-state index contributed by atoms with van der Waals surface area (Å²) in [6.45, 7) is 3.52. The average molecular weight is 249 g/mol. The third kappa shape index (κ3) is 2.39. The van der Waals surface area contributed by atoms with Crippen molar-refractivity contribution in [3.8, 4) is 0 Å². The van der Waals surface area contributed by atoms with Gasteiger partial charge in [0.15, 0.2) is 0 Å². The maximum absolute atomic E-state index is 11.5. The number of aromatic nitrogens is 2. The zero-order valence-electron chi connectivity index (χ0n) is 10.1. The molecule has 7 nitrogen and oxygen atoms in total. The second-order valence-electron chi connectivity index (χ2n) is 4.04. The second-order valence-corrected chi connectivity index (χ2v) is 4.04. The van der Waals surface area contributed by atoms with Crippen LogP contribution >= 0.6 is 0 Å². The van der Waals surface area contributed by atoms with Gasteiger partial charge < -0.3 is 16.0 Å². The molecule has 96 valence electrons. The van der Waals surface area contributed by atoms with Gasteiger partial charge >= 0.3 is 11.8 Å². The molecule has 7 heteroatoms. The maximum Gasteiger partial charge on any atom is 0.311 e. The van der Waals surface area contributed by atoms with Crippen molar-refractivity contribution in [1.29, 1.82) is 0 Å². The van der Waals surface area contributed by atoms with Crippen molar-refractivity contribution >= 4 is 17.8 Å². The van der Waals surface area contributed by atoms with Crippen molar-refractivity contribution in [1.82, 2.24) is 14.9 Å². The zero-order chi connectivity index (χ0) is 13.1. The SMILES string of the molecule is CCNc1ncc2c(n1)CCN(C(=O)C(N)=O)C2. The number of nitrogens with one attached hydrogen (secondary N) is 1. The molecule has 0 atom stereocenters. The predicted molar refractivity (Wildman–Crippen MR) is 64.5 cm³/mol. The van der Waals surface area contributed by atoms with Crippen molar-refractivity contribution in [3.05, 3.63) is 17.5 Å². The summed E-state index contributed by atoms with van der Waals surface area (Å²) in [6.07, 6.45) is 2.29. The first-order valence-electron chi connectivity index (χ1n) is 5.79. The normalized spacial score (nSPS) is 13.9. The Kier molecular flexibility index (Phi) is 3.40. The molecular formula is C11H15N5O2. The number of fused-ring (bicyclic) bond motifs is 1.